The molecule has 0 saturated carbocycles. The smallest absolute Gasteiger partial charge is 0.228 e. The van der Waals surface area contributed by atoms with Crippen LogP contribution in [0.2, 0.25) is 0 Å². The average molecular weight is 282 g/mol. The fourth-order valence-electron chi connectivity index (χ4n) is 2.56. The lowest BCUT2D eigenvalue weighted by Crippen LogP contribution is -2.39. The summed E-state index contributed by atoms with van der Waals surface area (Å²) in [7, 11) is 0. The van der Waals surface area contributed by atoms with E-state index in [1.165, 1.54) is 0 Å². The monoisotopic (exact) mass is 282 g/mol. The van der Waals surface area contributed by atoms with Gasteiger partial charge in [0.1, 0.15) is 6.10 Å². The molecule has 2 rings (SSSR count). The molecule has 1 saturated heterocycles. The molecule has 6 nitrogen and oxygen atoms in total. The molecule has 1 aliphatic heterocycles. The molecule has 0 aliphatic carbocycles. The summed E-state index contributed by atoms with van der Waals surface area (Å²) < 4.78 is 11.0. The summed E-state index contributed by atoms with van der Waals surface area (Å²) in [5.41, 5.74) is 6.00. The zero-order valence-electron chi connectivity index (χ0n) is 12.5. The molecule has 0 spiro atoms. The molecule has 2 unspecified atom stereocenters. The first-order valence-electron chi connectivity index (χ1n) is 7.65. The van der Waals surface area contributed by atoms with E-state index in [9.17, 15) is 0 Å². The Morgan fingerprint density at radius 3 is 3.00 bits per heavy atom. The number of aromatic nitrogens is 2. The van der Waals surface area contributed by atoms with E-state index in [2.05, 4.69) is 28.9 Å². The molecular formula is C14H26N4O2. The maximum Gasteiger partial charge on any atom is 0.228 e. The highest BCUT2D eigenvalue weighted by Gasteiger charge is 2.26. The maximum absolute atomic E-state index is 6.00. The van der Waals surface area contributed by atoms with Crippen LogP contribution in [-0.2, 0) is 11.2 Å². The Morgan fingerprint density at radius 2 is 2.25 bits per heavy atom. The molecule has 1 aromatic heterocycles. The second-order valence-corrected chi connectivity index (χ2v) is 5.46. The topological polar surface area (TPSA) is 77.4 Å². The Labute approximate surface area is 120 Å². The zero-order valence-corrected chi connectivity index (χ0v) is 12.5. The third kappa shape index (κ3) is 4.26. The number of hydrogen-bond acceptors (Lipinski definition) is 6. The van der Waals surface area contributed by atoms with Gasteiger partial charge in [0.2, 0.25) is 11.7 Å². The van der Waals surface area contributed by atoms with E-state index in [-0.39, 0.29) is 12.1 Å². The van der Waals surface area contributed by atoms with E-state index in [1.807, 2.05) is 0 Å². The fourth-order valence-corrected chi connectivity index (χ4v) is 2.56. The van der Waals surface area contributed by atoms with Crippen LogP contribution in [0.25, 0.3) is 0 Å². The van der Waals surface area contributed by atoms with Crippen molar-refractivity contribution in [3.8, 4) is 0 Å². The minimum absolute atomic E-state index is 0.0739. The molecule has 1 aliphatic rings. The van der Waals surface area contributed by atoms with Gasteiger partial charge in [-0.1, -0.05) is 25.4 Å². The summed E-state index contributed by atoms with van der Waals surface area (Å²) in [6.07, 6.45) is 3.76. The normalized spacial score (nSPS) is 22.1. The van der Waals surface area contributed by atoms with Gasteiger partial charge in [0, 0.05) is 25.6 Å². The molecule has 2 atom stereocenters. The summed E-state index contributed by atoms with van der Waals surface area (Å²) in [6, 6.07) is 0.0946. The van der Waals surface area contributed by atoms with Gasteiger partial charge in [0.15, 0.2) is 0 Å². The molecule has 2 heterocycles. The van der Waals surface area contributed by atoms with Crippen LogP contribution in [0.5, 0.6) is 0 Å². The summed E-state index contributed by atoms with van der Waals surface area (Å²) in [6.45, 7) is 7.95. The van der Waals surface area contributed by atoms with Crippen molar-refractivity contribution in [1.29, 1.82) is 0 Å². The van der Waals surface area contributed by atoms with Crippen molar-refractivity contribution in [2.75, 3.05) is 26.2 Å². The van der Waals surface area contributed by atoms with Crippen LogP contribution in [0.4, 0.5) is 0 Å². The van der Waals surface area contributed by atoms with Crippen molar-refractivity contribution in [3.05, 3.63) is 11.7 Å². The molecule has 2 N–H and O–H groups in total. The van der Waals surface area contributed by atoms with E-state index in [0.29, 0.717) is 18.1 Å². The van der Waals surface area contributed by atoms with Gasteiger partial charge >= 0.3 is 0 Å². The predicted molar refractivity (Wildman–Crippen MR) is 76.3 cm³/mol. The van der Waals surface area contributed by atoms with Gasteiger partial charge in [-0.3, -0.25) is 4.90 Å². The van der Waals surface area contributed by atoms with Gasteiger partial charge in [-0.2, -0.15) is 4.98 Å². The Morgan fingerprint density at radius 1 is 1.40 bits per heavy atom. The maximum atomic E-state index is 6.00. The fraction of sp³-hybridized carbons (Fsp3) is 0.857. The molecule has 0 radical (unpaired) electrons. The molecule has 1 aromatic rings. The van der Waals surface area contributed by atoms with Crippen LogP contribution in [-0.4, -0.2) is 47.3 Å². The number of nitrogens with two attached hydrogens (primary N) is 1. The van der Waals surface area contributed by atoms with Gasteiger partial charge in [-0.25, -0.2) is 0 Å². The first-order valence-corrected chi connectivity index (χ1v) is 7.65. The van der Waals surface area contributed by atoms with Crippen LogP contribution in [0.15, 0.2) is 4.52 Å². The lowest BCUT2D eigenvalue weighted by Gasteiger charge is -2.30. The average Bonchev–Trinajstić information content (AvgIpc) is 2.88. The highest BCUT2D eigenvalue weighted by atomic mass is 16.5. The highest BCUT2D eigenvalue weighted by molar-refractivity contribution is 4.95. The molecule has 6 heteroatoms. The van der Waals surface area contributed by atoms with Crippen LogP contribution in [0, 0.1) is 0 Å². The SMILES string of the molecule is CCCC(N)Cc1nc(C2CN(CCC)CCO2)no1. The van der Waals surface area contributed by atoms with Gasteiger partial charge in [0.05, 0.1) is 6.61 Å². The number of morpholine rings is 1. The Bertz CT molecular complexity index is 394. The summed E-state index contributed by atoms with van der Waals surface area (Å²) >= 11 is 0. The Kier molecular flexibility index (Phi) is 5.94. The second-order valence-electron chi connectivity index (χ2n) is 5.46. The number of rotatable bonds is 7. The Hall–Kier alpha value is -0.980. The van der Waals surface area contributed by atoms with Crippen LogP contribution < -0.4 is 5.73 Å². The minimum Gasteiger partial charge on any atom is -0.367 e. The quantitative estimate of drug-likeness (QED) is 0.817. The molecule has 0 amide bonds. The van der Waals surface area contributed by atoms with E-state index in [1.54, 1.807) is 0 Å². The number of ether oxygens (including phenoxy) is 1. The van der Waals surface area contributed by atoms with Crippen molar-refractivity contribution in [3.63, 3.8) is 0 Å². The van der Waals surface area contributed by atoms with Crippen molar-refractivity contribution < 1.29 is 9.26 Å². The van der Waals surface area contributed by atoms with Crippen LogP contribution >= 0.6 is 0 Å². The van der Waals surface area contributed by atoms with Crippen molar-refractivity contribution >= 4 is 0 Å². The summed E-state index contributed by atoms with van der Waals surface area (Å²) in [5.74, 6) is 1.28. The van der Waals surface area contributed by atoms with Crippen LogP contribution in [0.3, 0.4) is 0 Å². The van der Waals surface area contributed by atoms with E-state index in [4.69, 9.17) is 15.0 Å². The molecule has 0 aromatic carbocycles. The molecule has 20 heavy (non-hydrogen) atoms. The van der Waals surface area contributed by atoms with E-state index < -0.39 is 0 Å². The van der Waals surface area contributed by atoms with Gasteiger partial charge < -0.3 is 15.0 Å². The van der Waals surface area contributed by atoms with Crippen molar-refractivity contribution in [1.82, 2.24) is 15.0 Å². The van der Waals surface area contributed by atoms with Gasteiger partial charge in [-0.15, -0.1) is 0 Å². The number of hydrogen-bond donors (Lipinski definition) is 1. The summed E-state index contributed by atoms with van der Waals surface area (Å²) in [5, 5.41) is 4.05. The second kappa shape index (κ2) is 7.71. The van der Waals surface area contributed by atoms with Gasteiger partial charge in [0.25, 0.3) is 0 Å². The van der Waals surface area contributed by atoms with Crippen molar-refractivity contribution in [2.24, 2.45) is 5.73 Å². The van der Waals surface area contributed by atoms with Gasteiger partial charge in [-0.05, 0) is 19.4 Å². The largest absolute Gasteiger partial charge is 0.367 e. The minimum atomic E-state index is -0.0739. The standard InChI is InChI=1S/C14H26N4O2/c1-3-5-11(15)9-13-16-14(17-20-13)12-10-18(6-4-2)7-8-19-12/h11-12H,3-10,15H2,1-2H3. The predicted octanol–water partition coefficient (Wildman–Crippen LogP) is 1.52. The van der Waals surface area contributed by atoms with Crippen molar-refractivity contribution in [2.45, 2.75) is 51.7 Å². The highest BCUT2D eigenvalue weighted by Crippen LogP contribution is 2.20. The lowest BCUT2D eigenvalue weighted by atomic mass is 10.1. The zero-order chi connectivity index (χ0) is 14.4. The lowest BCUT2D eigenvalue weighted by molar-refractivity contribution is -0.0350. The first kappa shape index (κ1) is 15.4. The molecule has 114 valence electrons. The molecule has 0 bridgehead atoms. The third-order valence-corrected chi connectivity index (χ3v) is 3.56. The summed E-state index contributed by atoms with van der Waals surface area (Å²) in [4.78, 5) is 6.82. The van der Waals surface area contributed by atoms with E-state index >= 15 is 0 Å². The first-order chi connectivity index (χ1) is 9.72. The molecular weight excluding hydrogens is 256 g/mol. The van der Waals surface area contributed by atoms with Crippen LogP contribution in [0.1, 0.15) is 50.9 Å². The number of nitrogens with zero attached hydrogens (tertiary/aromatic N) is 3. The Balaban J connectivity index is 1.90. The third-order valence-electron chi connectivity index (χ3n) is 3.56. The molecule has 1 fully saturated rings. The van der Waals surface area contributed by atoms with E-state index in [0.717, 1.165) is 45.5 Å².